The van der Waals surface area contributed by atoms with Crippen LogP contribution in [0.2, 0.25) is 0 Å². The van der Waals surface area contributed by atoms with Gasteiger partial charge >= 0.3 is 0 Å². The zero-order valence-electron chi connectivity index (χ0n) is 12.6. The van der Waals surface area contributed by atoms with Crippen LogP contribution in [0.15, 0.2) is 29.2 Å². The lowest BCUT2D eigenvalue weighted by Gasteiger charge is -2.36. The molecule has 2 atom stereocenters. The van der Waals surface area contributed by atoms with Gasteiger partial charge in [-0.05, 0) is 36.6 Å². The quantitative estimate of drug-likeness (QED) is 0.882. The SMILES string of the molecule is COc1ccc(S(=O)(=O)N2C[C@@H]3CCOC[C@]3(CO)C2)cc1. The van der Waals surface area contributed by atoms with Crippen LogP contribution >= 0.6 is 0 Å². The van der Waals surface area contributed by atoms with Gasteiger partial charge in [0.25, 0.3) is 0 Å². The van der Waals surface area contributed by atoms with Crippen LogP contribution in [0.1, 0.15) is 6.42 Å². The molecule has 2 heterocycles. The first kappa shape index (κ1) is 15.7. The molecule has 6 nitrogen and oxygen atoms in total. The second-order valence-electron chi connectivity index (χ2n) is 6.03. The van der Waals surface area contributed by atoms with Crippen molar-refractivity contribution in [2.24, 2.45) is 11.3 Å². The normalized spacial score (nSPS) is 29.3. The molecule has 0 aromatic heterocycles. The Balaban J connectivity index is 1.86. The number of hydrogen-bond acceptors (Lipinski definition) is 5. The third-order valence-electron chi connectivity index (χ3n) is 4.79. The summed E-state index contributed by atoms with van der Waals surface area (Å²) in [6.07, 6.45) is 0.787. The molecule has 2 aliphatic rings. The highest BCUT2D eigenvalue weighted by molar-refractivity contribution is 7.89. The van der Waals surface area contributed by atoms with Crippen LogP contribution in [0.4, 0.5) is 0 Å². The Morgan fingerprint density at radius 3 is 2.73 bits per heavy atom. The Morgan fingerprint density at radius 2 is 2.14 bits per heavy atom. The zero-order chi connectivity index (χ0) is 15.8. The maximum Gasteiger partial charge on any atom is 0.243 e. The third-order valence-corrected chi connectivity index (χ3v) is 6.62. The van der Waals surface area contributed by atoms with E-state index in [2.05, 4.69) is 0 Å². The van der Waals surface area contributed by atoms with Crippen LogP contribution in [0.25, 0.3) is 0 Å². The molecule has 0 unspecified atom stereocenters. The predicted octanol–water partition coefficient (Wildman–Crippen LogP) is 0.715. The first-order valence-corrected chi connectivity index (χ1v) is 8.79. The Morgan fingerprint density at radius 1 is 1.41 bits per heavy atom. The fourth-order valence-corrected chi connectivity index (χ4v) is 4.93. The minimum atomic E-state index is -3.56. The summed E-state index contributed by atoms with van der Waals surface area (Å²) in [4.78, 5) is 0.251. The van der Waals surface area contributed by atoms with E-state index in [9.17, 15) is 13.5 Å². The van der Waals surface area contributed by atoms with Crippen molar-refractivity contribution in [1.29, 1.82) is 0 Å². The van der Waals surface area contributed by atoms with Gasteiger partial charge in [0.15, 0.2) is 0 Å². The van der Waals surface area contributed by atoms with E-state index in [-0.39, 0.29) is 17.4 Å². The Bertz CT molecular complexity index is 630. The standard InChI is InChI=1S/C15H21NO5S/c1-20-13-2-4-14(5-3-13)22(18,19)16-8-12-6-7-21-11-15(12,9-16)10-17/h2-5,12,17H,6-11H2,1H3/t12-,15+/m0/s1. The fourth-order valence-electron chi connectivity index (χ4n) is 3.35. The number of aliphatic hydroxyl groups is 1. The van der Waals surface area contributed by atoms with Crippen molar-refractivity contribution >= 4 is 10.0 Å². The Kier molecular flexibility index (Phi) is 4.15. The minimum absolute atomic E-state index is 0.0493. The topological polar surface area (TPSA) is 76.1 Å². The van der Waals surface area contributed by atoms with Crippen molar-refractivity contribution in [3.8, 4) is 5.75 Å². The average molecular weight is 327 g/mol. The highest BCUT2D eigenvalue weighted by Gasteiger charge is 2.51. The lowest BCUT2D eigenvalue weighted by atomic mass is 9.76. The second-order valence-corrected chi connectivity index (χ2v) is 7.97. The van der Waals surface area contributed by atoms with E-state index in [0.717, 1.165) is 6.42 Å². The van der Waals surface area contributed by atoms with E-state index in [1.165, 1.54) is 4.31 Å². The molecule has 22 heavy (non-hydrogen) atoms. The van der Waals surface area contributed by atoms with Crippen LogP contribution in [0, 0.1) is 11.3 Å². The van der Waals surface area contributed by atoms with Gasteiger partial charge in [-0.3, -0.25) is 0 Å². The van der Waals surface area contributed by atoms with Gasteiger partial charge in [0.1, 0.15) is 5.75 Å². The van der Waals surface area contributed by atoms with Crippen LogP contribution in [0.5, 0.6) is 5.75 Å². The highest BCUT2D eigenvalue weighted by Crippen LogP contribution is 2.42. The van der Waals surface area contributed by atoms with E-state index in [0.29, 0.717) is 32.1 Å². The van der Waals surface area contributed by atoms with Crippen molar-refractivity contribution in [3.05, 3.63) is 24.3 Å². The van der Waals surface area contributed by atoms with Crippen LogP contribution in [-0.2, 0) is 14.8 Å². The number of hydrogen-bond donors (Lipinski definition) is 1. The molecule has 0 amide bonds. The number of benzene rings is 1. The lowest BCUT2D eigenvalue weighted by molar-refractivity contribution is -0.0552. The number of nitrogens with zero attached hydrogens (tertiary/aromatic N) is 1. The average Bonchev–Trinajstić information content (AvgIpc) is 2.96. The van der Waals surface area contributed by atoms with Gasteiger partial charge in [-0.15, -0.1) is 0 Å². The molecular weight excluding hydrogens is 306 g/mol. The molecule has 2 saturated heterocycles. The summed E-state index contributed by atoms with van der Waals surface area (Å²) in [5, 5.41) is 9.76. The molecule has 2 aliphatic heterocycles. The molecule has 2 fully saturated rings. The molecule has 122 valence electrons. The van der Waals surface area contributed by atoms with Crippen molar-refractivity contribution in [3.63, 3.8) is 0 Å². The van der Waals surface area contributed by atoms with Gasteiger partial charge in [0.2, 0.25) is 10.0 Å². The van der Waals surface area contributed by atoms with Gasteiger partial charge in [-0.2, -0.15) is 4.31 Å². The highest BCUT2D eigenvalue weighted by atomic mass is 32.2. The van der Waals surface area contributed by atoms with E-state index in [1.54, 1.807) is 31.4 Å². The van der Waals surface area contributed by atoms with Crippen molar-refractivity contribution in [1.82, 2.24) is 4.31 Å². The van der Waals surface area contributed by atoms with Gasteiger partial charge in [0.05, 0.1) is 25.2 Å². The summed E-state index contributed by atoms with van der Waals surface area (Å²) in [5.74, 6) is 0.772. The van der Waals surface area contributed by atoms with Crippen LogP contribution in [0.3, 0.4) is 0 Å². The number of aliphatic hydroxyl groups excluding tert-OH is 1. The zero-order valence-corrected chi connectivity index (χ0v) is 13.4. The molecule has 0 saturated carbocycles. The summed E-state index contributed by atoms with van der Waals surface area (Å²) in [6, 6.07) is 6.39. The van der Waals surface area contributed by atoms with E-state index >= 15 is 0 Å². The minimum Gasteiger partial charge on any atom is -0.497 e. The molecule has 0 spiro atoms. The van der Waals surface area contributed by atoms with Gasteiger partial charge in [0, 0.05) is 25.1 Å². The van der Waals surface area contributed by atoms with Crippen molar-refractivity contribution in [2.75, 3.05) is 40.0 Å². The Hall–Kier alpha value is -1.15. The first-order valence-electron chi connectivity index (χ1n) is 7.35. The van der Waals surface area contributed by atoms with Crippen molar-refractivity contribution < 1.29 is 23.0 Å². The maximum absolute atomic E-state index is 12.8. The molecular formula is C15H21NO5S. The van der Waals surface area contributed by atoms with Crippen LogP contribution in [-0.4, -0.2) is 57.8 Å². The molecule has 0 bridgehead atoms. The fraction of sp³-hybridized carbons (Fsp3) is 0.600. The Labute approximate surface area is 130 Å². The lowest BCUT2D eigenvalue weighted by Crippen LogP contribution is -2.43. The maximum atomic E-state index is 12.8. The van der Waals surface area contributed by atoms with Gasteiger partial charge in [-0.1, -0.05) is 0 Å². The van der Waals surface area contributed by atoms with E-state index < -0.39 is 15.4 Å². The summed E-state index contributed by atoms with van der Waals surface area (Å²) in [7, 11) is -2.02. The molecule has 1 aromatic rings. The summed E-state index contributed by atoms with van der Waals surface area (Å²) in [5.41, 5.74) is -0.461. The summed E-state index contributed by atoms with van der Waals surface area (Å²) in [6.45, 7) is 1.75. The van der Waals surface area contributed by atoms with Gasteiger partial charge in [-0.25, -0.2) is 8.42 Å². The number of ether oxygens (including phenoxy) is 2. The molecule has 7 heteroatoms. The van der Waals surface area contributed by atoms with E-state index in [4.69, 9.17) is 9.47 Å². The van der Waals surface area contributed by atoms with Crippen molar-refractivity contribution in [2.45, 2.75) is 11.3 Å². The largest absolute Gasteiger partial charge is 0.497 e. The number of methoxy groups -OCH3 is 1. The van der Waals surface area contributed by atoms with Crippen LogP contribution < -0.4 is 4.74 Å². The molecule has 0 radical (unpaired) electrons. The second kappa shape index (κ2) is 5.81. The number of fused-ring (bicyclic) bond motifs is 1. The molecule has 1 N–H and O–H groups in total. The third kappa shape index (κ3) is 2.52. The predicted molar refractivity (Wildman–Crippen MR) is 80.2 cm³/mol. The van der Waals surface area contributed by atoms with Gasteiger partial charge < -0.3 is 14.6 Å². The summed E-state index contributed by atoms with van der Waals surface area (Å²) >= 11 is 0. The first-order chi connectivity index (χ1) is 10.5. The smallest absolute Gasteiger partial charge is 0.243 e. The molecule has 1 aromatic carbocycles. The molecule has 0 aliphatic carbocycles. The number of rotatable bonds is 4. The summed E-state index contributed by atoms with van der Waals surface area (Å²) < 4.78 is 37.6. The number of sulfonamides is 1. The molecule has 3 rings (SSSR count). The van der Waals surface area contributed by atoms with E-state index in [1.807, 2.05) is 0 Å². The monoisotopic (exact) mass is 327 g/mol.